The molecule has 0 saturated heterocycles. The standard InChI is InChI=1S/C12H13N3O3S/c1-8(16)9-3-4-11(10(7-9)15(17)18)19-12-13-5-6-14(12)2/h3-8,16H,1-2H3. The molecule has 1 N–H and O–H groups in total. The number of aliphatic hydroxyl groups excluding tert-OH is 1. The van der Waals surface area contributed by atoms with E-state index in [4.69, 9.17) is 0 Å². The van der Waals surface area contributed by atoms with E-state index in [1.165, 1.54) is 17.8 Å². The average Bonchev–Trinajstić information content (AvgIpc) is 2.75. The van der Waals surface area contributed by atoms with Crippen LogP contribution in [0.3, 0.4) is 0 Å². The molecule has 19 heavy (non-hydrogen) atoms. The van der Waals surface area contributed by atoms with Gasteiger partial charge in [-0.15, -0.1) is 0 Å². The minimum absolute atomic E-state index is 0.0219. The molecule has 0 aliphatic rings. The maximum atomic E-state index is 11.1. The third-order valence-corrected chi connectivity index (χ3v) is 3.78. The lowest BCUT2D eigenvalue weighted by atomic mass is 10.1. The normalized spacial score (nSPS) is 12.4. The first-order valence-corrected chi connectivity index (χ1v) is 6.42. The van der Waals surface area contributed by atoms with E-state index in [1.807, 2.05) is 7.05 Å². The number of aryl methyl sites for hydroxylation is 1. The molecule has 1 unspecified atom stereocenters. The smallest absolute Gasteiger partial charge is 0.283 e. The highest BCUT2D eigenvalue weighted by Crippen LogP contribution is 2.35. The van der Waals surface area contributed by atoms with Crippen molar-refractivity contribution in [2.24, 2.45) is 7.05 Å². The van der Waals surface area contributed by atoms with E-state index < -0.39 is 11.0 Å². The molecular weight excluding hydrogens is 266 g/mol. The molecule has 1 aromatic carbocycles. The number of nitro benzene ring substituents is 1. The number of aliphatic hydroxyl groups is 1. The summed E-state index contributed by atoms with van der Waals surface area (Å²) in [5.74, 6) is 0. The van der Waals surface area contributed by atoms with Crippen molar-refractivity contribution in [2.75, 3.05) is 0 Å². The van der Waals surface area contributed by atoms with Crippen LogP contribution in [-0.2, 0) is 7.05 Å². The van der Waals surface area contributed by atoms with Crippen molar-refractivity contribution in [3.05, 3.63) is 46.3 Å². The second-order valence-electron chi connectivity index (χ2n) is 4.08. The third-order valence-electron chi connectivity index (χ3n) is 2.64. The fraction of sp³-hybridized carbons (Fsp3) is 0.250. The lowest BCUT2D eigenvalue weighted by molar-refractivity contribution is -0.387. The SMILES string of the molecule is CC(O)c1ccc(Sc2nccn2C)c([N+](=O)[O-])c1. The first kappa shape index (κ1) is 13.6. The van der Waals surface area contributed by atoms with E-state index in [0.29, 0.717) is 15.6 Å². The lowest BCUT2D eigenvalue weighted by Crippen LogP contribution is -1.97. The summed E-state index contributed by atoms with van der Waals surface area (Å²) in [5.41, 5.74) is 0.502. The number of rotatable bonds is 4. The van der Waals surface area contributed by atoms with Crippen molar-refractivity contribution < 1.29 is 10.0 Å². The van der Waals surface area contributed by atoms with E-state index >= 15 is 0 Å². The maximum Gasteiger partial charge on any atom is 0.283 e. The third kappa shape index (κ3) is 2.94. The van der Waals surface area contributed by atoms with Crippen molar-refractivity contribution >= 4 is 17.4 Å². The van der Waals surface area contributed by atoms with Gasteiger partial charge in [0.25, 0.3) is 5.69 Å². The molecule has 0 aliphatic carbocycles. The van der Waals surface area contributed by atoms with Gasteiger partial charge in [0.1, 0.15) is 0 Å². The Labute approximate surface area is 114 Å². The first-order valence-electron chi connectivity index (χ1n) is 5.60. The minimum atomic E-state index is -0.731. The van der Waals surface area contributed by atoms with Gasteiger partial charge in [-0.1, -0.05) is 6.07 Å². The summed E-state index contributed by atoms with van der Waals surface area (Å²) >= 11 is 1.22. The summed E-state index contributed by atoms with van der Waals surface area (Å²) in [6.07, 6.45) is 2.68. The fourth-order valence-corrected chi connectivity index (χ4v) is 2.46. The Morgan fingerprint density at radius 3 is 2.79 bits per heavy atom. The highest BCUT2D eigenvalue weighted by Gasteiger charge is 2.18. The average molecular weight is 279 g/mol. The Morgan fingerprint density at radius 2 is 2.26 bits per heavy atom. The number of benzene rings is 1. The zero-order valence-corrected chi connectivity index (χ0v) is 11.3. The molecule has 2 aromatic rings. The predicted octanol–water partition coefficient (Wildman–Crippen LogP) is 2.53. The van der Waals surface area contributed by atoms with Gasteiger partial charge in [-0.05, 0) is 30.3 Å². The van der Waals surface area contributed by atoms with Crippen LogP contribution >= 0.6 is 11.8 Å². The van der Waals surface area contributed by atoms with Crippen LogP contribution in [0, 0.1) is 10.1 Å². The van der Waals surface area contributed by atoms with Gasteiger partial charge in [0, 0.05) is 25.5 Å². The van der Waals surface area contributed by atoms with E-state index in [2.05, 4.69) is 4.98 Å². The lowest BCUT2D eigenvalue weighted by Gasteiger charge is -2.07. The summed E-state index contributed by atoms with van der Waals surface area (Å²) < 4.78 is 1.79. The molecular formula is C12H13N3O3S. The van der Waals surface area contributed by atoms with Crippen molar-refractivity contribution in [1.29, 1.82) is 0 Å². The second-order valence-corrected chi connectivity index (χ2v) is 5.09. The number of aromatic nitrogens is 2. The van der Waals surface area contributed by atoms with Gasteiger partial charge in [-0.3, -0.25) is 10.1 Å². The van der Waals surface area contributed by atoms with Crippen LogP contribution in [0.1, 0.15) is 18.6 Å². The quantitative estimate of drug-likeness (QED) is 0.687. The molecule has 0 aliphatic heterocycles. The van der Waals surface area contributed by atoms with Crippen molar-refractivity contribution in [1.82, 2.24) is 9.55 Å². The Bertz CT molecular complexity index is 610. The van der Waals surface area contributed by atoms with Gasteiger partial charge in [-0.2, -0.15) is 0 Å². The minimum Gasteiger partial charge on any atom is -0.389 e. The van der Waals surface area contributed by atoms with Crippen molar-refractivity contribution in [3.63, 3.8) is 0 Å². The Kier molecular flexibility index (Phi) is 3.87. The molecule has 100 valence electrons. The zero-order valence-electron chi connectivity index (χ0n) is 10.5. The molecule has 0 fully saturated rings. The predicted molar refractivity (Wildman–Crippen MR) is 71.1 cm³/mol. The number of hydrogen-bond acceptors (Lipinski definition) is 5. The van der Waals surface area contributed by atoms with Gasteiger partial charge in [0.05, 0.1) is 15.9 Å². The molecule has 7 heteroatoms. The van der Waals surface area contributed by atoms with Gasteiger partial charge < -0.3 is 9.67 Å². The molecule has 1 aromatic heterocycles. The largest absolute Gasteiger partial charge is 0.389 e. The highest BCUT2D eigenvalue weighted by atomic mass is 32.2. The molecule has 0 spiro atoms. The fourth-order valence-electron chi connectivity index (χ4n) is 1.57. The maximum absolute atomic E-state index is 11.1. The van der Waals surface area contributed by atoms with Crippen LogP contribution in [-0.4, -0.2) is 19.6 Å². The molecule has 6 nitrogen and oxygen atoms in total. The molecule has 0 amide bonds. The second kappa shape index (κ2) is 5.41. The van der Waals surface area contributed by atoms with E-state index in [-0.39, 0.29) is 5.69 Å². The topological polar surface area (TPSA) is 81.2 Å². The Balaban J connectivity index is 2.40. The van der Waals surface area contributed by atoms with Crippen molar-refractivity contribution in [3.8, 4) is 0 Å². The number of nitrogens with zero attached hydrogens (tertiary/aromatic N) is 3. The molecule has 1 heterocycles. The summed E-state index contributed by atoms with van der Waals surface area (Å²) in [7, 11) is 1.82. The monoisotopic (exact) mass is 279 g/mol. The van der Waals surface area contributed by atoms with Crippen LogP contribution in [0.5, 0.6) is 0 Å². The summed E-state index contributed by atoms with van der Waals surface area (Å²) in [5, 5.41) is 21.2. The van der Waals surface area contributed by atoms with Gasteiger partial charge in [0.15, 0.2) is 5.16 Å². The van der Waals surface area contributed by atoms with Crippen LogP contribution in [0.4, 0.5) is 5.69 Å². The van der Waals surface area contributed by atoms with Gasteiger partial charge >= 0.3 is 0 Å². The zero-order chi connectivity index (χ0) is 14.0. The molecule has 0 bridgehead atoms. The van der Waals surface area contributed by atoms with Crippen LogP contribution in [0.25, 0.3) is 0 Å². The summed E-state index contributed by atoms with van der Waals surface area (Å²) in [6.45, 7) is 1.57. The highest BCUT2D eigenvalue weighted by molar-refractivity contribution is 7.99. The molecule has 0 saturated carbocycles. The van der Waals surface area contributed by atoms with Crippen LogP contribution < -0.4 is 0 Å². The molecule has 1 atom stereocenters. The molecule has 0 radical (unpaired) electrons. The number of imidazole rings is 1. The van der Waals surface area contributed by atoms with Crippen LogP contribution in [0.2, 0.25) is 0 Å². The van der Waals surface area contributed by atoms with E-state index in [0.717, 1.165) is 0 Å². The van der Waals surface area contributed by atoms with Crippen molar-refractivity contribution in [2.45, 2.75) is 23.1 Å². The first-order chi connectivity index (χ1) is 8.99. The molecule has 2 rings (SSSR count). The summed E-state index contributed by atoms with van der Waals surface area (Å²) in [6, 6.07) is 4.72. The van der Waals surface area contributed by atoms with Gasteiger partial charge in [0.2, 0.25) is 0 Å². The number of nitro groups is 1. The summed E-state index contributed by atoms with van der Waals surface area (Å²) in [4.78, 5) is 15.3. The number of hydrogen-bond donors (Lipinski definition) is 1. The Hall–Kier alpha value is -1.86. The van der Waals surface area contributed by atoms with E-state index in [9.17, 15) is 15.2 Å². The Morgan fingerprint density at radius 1 is 1.53 bits per heavy atom. The van der Waals surface area contributed by atoms with Gasteiger partial charge in [-0.25, -0.2) is 4.98 Å². The van der Waals surface area contributed by atoms with Crippen LogP contribution in [0.15, 0.2) is 40.6 Å². The van der Waals surface area contributed by atoms with E-state index in [1.54, 1.807) is 36.0 Å².